The maximum absolute atomic E-state index is 13.0. The Labute approximate surface area is 190 Å². The fourth-order valence-corrected chi connectivity index (χ4v) is 3.86. The molecule has 1 aliphatic rings. The van der Waals surface area contributed by atoms with Crippen molar-refractivity contribution in [2.75, 3.05) is 17.7 Å². The van der Waals surface area contributed by atoms with Crippen molar-refractivity contribution in [1.29, 1.82) is 0 Å². The van der Waals surface area contributed by atoms with E-state index < -0.39 is 5.97 Å². The number of rotatable bonds is 7. The summed E-state index contributed by atoms with van der Waals surface area (Å²) in [6.45, 7) is 0.760. The number of aliphatic carboxylic acids is 1. The van der Waals surface area contributed by atoms with E-state index in [9.17, 15) is 9.59 Å². The molecule has 0 spiro atoms. The van der Waals surface area contributed by atoms with Crippen molar-refractivity contribution in [3.8, 4) is 0 Å². The van der Waals surface area contributed by atoms with Crippen LogP contribution in [0.4, 0.5) is 11.4 Å². The molecule has 162 valence electrons. The van der Waals surface area contributed by atoms with E-state index >= 15 is 0 Å². The number of carbonyl (C=O) groups is 2. The summed E-state index contributed by atoms with van der Waals surface area (Å²) in [6.07, 6.45) is -0.0612. The first-order valence-corrected chi connectivity index (χ1v) is 10.5. The third-order valence-electron chi connectivity index (χ3n) is 5.18. The molecular weight excluding hydrogens is 426 g/mol. The molecule has 1 amide bonds. The Hall–Kier alpha value is -3.61. The quantitative estimate of drug-likeness (QED) is 0.397. The third kappa shape index (κ3) is 4.66. The van der Waals surface area contributed by atoms with Gasteiger partial charge in [0.15, 0.2) is 0 Å². The number of carboxylic acid groups (broad SMARTS) is 1. The first kappa shape index (κ1) is 21.6. The Bertz CT molecular complexity index is 1200. The molecule has 0 fully saturated rings. The molecule has 3 aromatic carbocycles. The van der Waals surface area contributed by atoms with Crippen molar-refractivity contribution in [3.63, 3.8) is 0 Å². The van der Waals surface area contributed by atoms with Gasteiger partial charge in [-0.3, -0.25) is 9.59 Å². The highest BCUT2D eigenvalue weighted by molar-refractivity contribution is 6.38. The molecule has 0 aliphatic carbocycles. The zero-order chi connectivity index (χ0) is 22.7. The fraction of sp³-hybridized carbons (Fsp3) is 0.120. The predicted molar refractivity (Wildman–Crippen MR) is 128 cm³/mol. The second-order valence-electron chi connectivity index (χ2n) is 7.51. The summed E-state index contributed by atoms with van der Waals surface area (Å²) in [7, 11) is 1.89. The lowest BCUT2D eigenvalue weighted by molar-refractivity contribution is -0.136. The van der Waals surface area contributed by atoms with Gasteiger partial charge in [0.05, 0.1) is 23.4 Å². The van der Waals surface area contributed by atoms with E-state index in [1.54, 1.807) is 24.3 Å². The van der Waals surface area contributed by atoms with Crippen LogP contribution in [0, 0.1) is 0 Å². The SMILES string of the molecule is CNCc1ccc(NC(=C2C(=O)Nc3cc(Cl)ccc32)c2ccc(CC(=O)O)cc2)cc1. The highest BCUT2D eigenvalue weighted by Gasteiger charge is 2.28. The number of amides is 1. The molecule has 0 saturated carbocycles. The molecular formula is C25H22ClN3O3. The van der Waals surface area contributed by atoms with E-state index in [1.807, 2.05) is 49.5 Å². The lowest BCUT2D eigenvalue weighted by atomic mass is 9.98. The molecule has 3 aromatic rings. The van der Waals surface area contributed by atoms with E-state index in [4.69, 9.17) is 16.7 Å². The van der Waals surface area contributed by atoms with Crippen molar-refractivity contribution in [3.05, 3.63) is 94.0 Å². The summed E-state index contributed by atoms with van der Waals surface area (Å²) in [6, 6.07) is 20.4. The monoisotopic (exact) mass is 447 g/mol. The molecule has 32 heavy (non-hydrogen) atoms. The van der Waals surface area contributed by atoms with Crippen LogP contribution in [0.15, 0.2) is 66.7 Å². The lowest BCUT2D eigenvalue weighted by Gasteiger charge is -2.16. The first-order valence-electron chi connectivity index (χ1n) is 10.1. The topological polar surface area (TPSA) is 90.5 Å². The van der Waals surface area contributed by atoms with Crippen LogP contribution in [0.1, 0.15) is 22.3 Å². The number of benzene rings is 3. The molecule has 0 unspecified atom stereocenters. The van der Waals surface area contributed by atoms with Gasteiger partial charge in [-0.25, -0.2) is 0 Å². The number of fused-ring (bicyclic) bond motifs is 1. The summed E-state index contributed by atoms with van der Waals surface area (Å²) in [5, 5.41) is 19.0. The zero-order valence-electron chi connectivity index (χ0n) is 17.4. The molecule has 6 nitrogen and oxygen atoms in total. The van der Waals surface area contributed by atoms with Crippen LogP contribution >= 0.6 is 11.6 Å². The summed E-state index contributed by atoms with van der Waals surface area (Å²) in [5.41, 5.74) is 5.97. The van der Waals surface area contributed by atoms with Gasteiger partial charge in [-0.1, -0.05) is 54.1 Å². The summed E-state index contributed by atoms with van der Waals surface area (Å²) >= 11 is 6.11. The second kappa shape index (κ2) is 9.26. The van der Waals surface area contributed by atoms with E-state index in [-0.39, 0.29) is 12.3 Å². The molecule has 0 atom stereocenters. The maximum atomic E-state index is 13.0. The van der Waals surface area contributed by atoms with Crippen molar-refractivity contribution in [1.82, 2.24) is 5.32 Å². The highest BCUT2D eigenvalue weighted by Crippen LogP contribution is 2.38. The van der Waals surface area contributed by atoms with E-state index in [0.29, 0.717) is 27.5 Å². The molecule has 0 bridgehead atoms. The van der Waals surface area contributed by atoms with Gasteiger partial charge >= 0.3 is 5.97 Å². The van der Waals surface area contributed by atoms with E-state index in [1.165, 1.54) is 0 Å². The number of carboxylic acids is 1. The van der Waals surface area contributed by atoms with Gasteiger partial charge in [0.25, 0.3) is 5.91 Å². The van der Waals surface area contributed by atoms with Gasteiger partial charge in [0.1, 0.15) is 0 Å². The van der Waals surface area contributed by atoms with Crippen LogP contribution in [0.5, 0.6) is 0 Å². The Balaban J connectivity index is 1.79. The highest BCUT2D eigenvalue weighted by atomic mass is 35.5. The smallest absolute Gasteiger partial charge is 0.307 e. The van der Waals surface area contributed by atoms with E-state index in [0.717, 1.165) is 28.9 Å². The van der Waals surface area contributed by atoms with Gasteiger partial charge in [-0.15, -0.1) is 0 Å². The molecule has 0 saturated heterocycles. The van der Waals surface area contributed by atoms with Gasteiger partial charge in [0, 0.05) is 22.8 Å². The van der Waals surface area contributed by atoms with Gasteiger partial charge < -0.3 is 21.1 Å². The van der Waals surface area contributed by atoms with Gasteiger partial charge in [-0.05, 0) is 48.0 Å². The Morgan fingerprint density at radius 2 is 1.69 bits per heavy atom. The number of hydrogen-bond acceptors (Lipinski definition) is 4. The molecule has 4 N–H and O–H groups in total. The van der Waals surface area contributed by atoms with Crippen molar-refractivity contribution in [2.45, 2.75) is 13.0 Å². The predicted octanol–water partition coefficient (Wildman–Crippen LogP) is 4.62. The number of hydrogen-bond donors (Lipinski definition) is 4. The van der Waals surface area contributed by atoms with E-state index in [2.05, 4.69) is 16.0 Å². The van der Waals surface area contributed by atoms with Crippen LogP contribution in [0.2, 0.25) is 5.02 Å². The molecule has 0 aromatic heterocycles. The largest absolute Gasteiger partial charge is 0.481 e. The maximum Gasteiger partial charge on any atom is 0.307 e. The van der Waals surface area contributed by atoms with Crippen LogP contribution in [0.25, 0.3) is 11.3 Å². The van der Waals surface area contributed by atoms with Crippen LogP contribution < -0.4 is 16.0 Å². The van der Waals surface area contributed by atoms with Crippen molar-refractivity contribution in [2.24, 2.45) is 0 Å². The van der Waals surface area contributed by atoms with Gasteiger partial charge in [-0.2, -0.15) is 0 Å². The zero-order valence-corrected chi connectivity index (χ0v) is 18.2. The molecule has 0 radical (unpaired) electrons. The molecule has 1 aliphatic heterocycles. The second-order valence-corrected chi connectivity index (χ2v) is 7.95. The minimum absolute atomic E-state index is 0.0612. The minimum Gasteiger partial charge on any atom is -0.481 e. The number of halogens is 1. The van der Waals surface area contributed by atoms with Gasteiger partial charge in [0.2, 0.25) is 0 Å². The summed E-state index contributed by atoms with van der Waals surface area (Å²) in [4.78, 5) is 24.0. The number of carbonyl (C=O) groups excluding carboxylic acids is 1. The average molecular weight is 448 g/mol. The minimum atomic E-state index is -0.892. The fourth-order valence-electron chi connectivity index (χ4n) is 3.69. The normalized spacial score (nSPS) is 14.0. The van der Waals surface area contributed by atoms with Crippen LogP contribution in [-0.4, -0.2) is 24.0 Å². The Morgan fingerprint density at radius 3 is 2.34 bits per heavy atom. The Kier molecular flexibility index (Phi) is 6.25. The molecule has 1 heterocycles. The lowest BCUT2D eigenvalue weighted by Crippen LogP contribution is -2.10. The summed E-state index contributed by atoms with van der Waals surface area (Å²) in [5.74, 6) is -1.12. The molecule has 7 heteroatoms. The first-order chi connectivity index (χ1) is 15.4. The summed E-state index contributed by atoms with van der Waals surface area (Å²) < 4.78 is 0. The average Bonchev–Trinajstić information content (AvgIpc) is 3.08. The number of anilines is 2. The van der Waals surface area contributed by atoms with Crippen LogP contribution in [0.3, 0.4) is 0 Å². The molecule has 4 rings (SSSR count). The standard InChI is InChI=1S/C25H22ClN3O3/c1-27-14-16-4-9-19(10-5-16)28-24(17-6-2-15(3-7-17)12-22(30)31)23-20-11-8-18(26)13-21(20)29-25(23)32/h2-11,13,27-28H,12,14H2,1H3,(H,29,32)(H,30,31). The third-order valence-corrected chi connectivity index (χ3v) is 5.41. The Morgan fingerprint density at radius 1 is 1.00 bits per heavy atom. The van der Waals surface area contributed by atoms with Crippen LogP contribution in [-0.2, 0) is 22.6 Å². The van der Waals surface area contributed by atoms with Crippen molar-refractivity contribution < 1.29 is 14.7 Å². The van der Waals surface area contributed by atoms with Crippen molar-refractivity contribution >= 4 is 46.1 Å². The number of nitrogens with one attached hydrogen (secondary N) is 3.